The molecule has 0 bridgehead atoms. The summed E-state index contributed by atoms with van der Waals surface area (Å²) in [4.78, 5) is 25.0. The van der Waals surface area contributed by atoms with E-state index in [1.807, 2.05) is 6.92 Å². The van der Waals surface area contributed by atoms with Gasteiger partial charge in [-0.25, -0.2) is 9.59 Å². The Hall–Kier alpha value is -1.30. The normalized spacial score (nSPS) is 26.8. The molecule has 1 saturated carbocycles. The summed E-state index contributed by atoms with van der Waals surface area (Å²) in [5, 5.41) is 12.2. The van der Waals surface area contributed by atoms with Crippen LogP contribution in [0.3, 0.4) is 0 Å². The molecule has 6 nitrogen and oxygen atoms in total. The summed E-state index contributed by atoms with van der Waals surface area (Å²) in [5.74, 6) is -0.623. The number of carboxylic acids is 1. The molecule has 110 valence electrons. The number of methoxy groups -OCH3 is 1. The van der Waals surface area contributed by atoms with E-state index in [0.29, 0.717) is 31.9 Å². The molecule has 2 amide bonds. The summed E-state index contributed by atoms with van der Waals surface area (Å²) in [6, 6.07) is -0.353. The number of urea groups is 1. The van der Waals surface area contributed by atoms with Gasteiger partial charge in [0.2, 0.25) is 0 Å². The van der Waals surface area contributed by atoms with Crippen LogP contribution in [0.2, 0.25) is 0 Å². The third-order valence-corrected chi connectivity index (χ3v) is 3.73. The average molecular weight is 272 g/mol. The van der Waals surface area contributed by atoms with Crippen molar-refractivity contribution in [2.75, 3.05) is 27.3 Å². The zero-order valence-electron chi connectivity index (χ0n) is 11.9. The quantitative estimate of drug-likeness (QED) is 0.791. The molecule has 0 spiro atoms. The van der Waals surface area contributed by atoms with E-state index >= 15 is 0 Å². The molecule has 1 fully saturated rings. The lowest BCUT2D eigenvalue weighted by Crippen LogP contribution is -2.59. The standard InChI is InChI=1S/C13H24N2O4/c1-10-5-4-6-13(9-10,11(16)17)14-12(18)15(2)7-8-19-3/h10H,4-9H2,1-3H3,(H,14,18)(H,16,17). The Bertz CT molecular complexity index is 335. The maximum Gasteiger partial charge on any atom is 0.329 e. The lowest BCUT2D eigenvalue weighted by molar-refractivity contribution is -0.146. The fraction of sp³-hybridized carbons (Fsp3) is 0.846. The van der Waals surface area contributed by atoms with Gasteiger partial charge >= 0.3 is 12.0 Å². The van der Waals surface area contributed by atoms with E-state index in [1.165, 1.54) is 4.90 Å². The van der Waals surface area contributed by atoms with E-state index in [0.717, 1.165) is 12.8 Å². The number of amides is 2. The molecule has 1 rings (SSSR count). The van der Waals surface area contributed by atoms with Crippen molar-refractivity contribution in [3.8, 4) is 0 Å². The SMILES string of the molecule is COCCN(C)C(=O)NC1(C(=O)O)CCCC(C)C1. The number of likely N-dealkylation sites (N-methyl/N-ethyl adjacent to an activating group) is 1. The van der Waals surface area contributed by atoms with Crippen molar-refractivity contribution in [1.82, 2.24) is 10.2 Å². The van der Waals surface area contributed by atoms with Gasteiger partial charge in [-0.3, -0.25) is 0 Å². The van der Waals surface area contributed by atoms with Crippen molar-refractivity contribution >= 4 is 12.0 Å². The Labute approximate surface area is 114 Å². The largest absolute Gasteiger partial charge is 0.480 e. The van der Waals surface area contributed by atoms with E-state index < -0.39 is 11.5 Å². The van der Waals surface area contributed by atoms with Crippen molar-refractivity contribution < 1.29 is 19.4 Å². The lowest BCUT2D eigenvalue weighted by atomic mass is 9.76. The molecule has 6 heteroatoms. The topological polar surface area (TPSA) is 78.9 Å². The third-order valence-electron chi connectivity index (χ3n) is 3.73. The van der Waals surface area contributed by atoms with Gasteiger partial charge < -0.3 is 20.1 Å². The molecule has 0 aromatic carbocycles. The zero-order valence-corrected chi connectivity index (χ0v) is 11.9. The molecule has 2 unspecified atom stereocenters. The van der Waals surface area contributed by atoms with Gasteiger partial charge in [-0.1, -0.05) is 19.8 Å². The molecule has 0 saturated heterocycles. The zero-order chi connectivity index (χ0) is 14.5. The predicted molar refractivity (Wildman–Crippen MR) is 71.0 cm³/mol. The minimum absolute atomic E-state index is 0.314. The molecule has 2 N–H and O–H groups in total. The molecule has 0 radical (unpaired) electrons. The monoisotopic (exact) mass is 272 g/mol. The number of carbonyl (C=O) groups excluding carboxylic acids is 1. The molecule has 1 aliphatic rings. The number of ether oxygens (including phenoxy) is 1. The molecule has 0 aliphatic heterocycles. The molecular formula is C13H24N2O4. The molecule has 0 aromatic heterocycles. The highest BCUT2D eigenvalue weighted by molar-refractivity contribution is 5.86. The van der Waals surface area contributed by atoms with E-state index in [9.17, 15) is 14.7 Å². The molecule has 0 heterocycles. The van der Waals surface area contributed by atoms with Gasteiger partial charge in [0.15, 0.2) is 0 Å². The number of nitrogens with one attached hydrogen (secondary N) is 1. The first kappa shape index (κ1) is 15.8. The Balaban J connectivity index is 2.68. The van der Waals surface area contributed by atoms with E-state index in [-0.39, 0.29) is 6.03 Å². The second-order valence-corrected chi connectivity index (χ2v) is 5.43. The average Bonchev–Trinajstić information content (AvgIpc) is 2.35. The van der Waals surface area contributed by atoms with Gasteiger partial charge in [-0.05, 0) is 18.8 Å². The van der Waals surface area contributed by atoms with Crippen LogP contribution in [0.25, 0.3) is 0 Å². The first-order valence-electron chi connectivity index (χ1n) is 6.67. The summed E-state index contributed by atoms with van der Waals surface area (Å²) in [5.41, 5.74) is -1.11. The van der Waals surface area contributed by atoms with E-state index in [1.54, 1.807) is 14.2 Å². The molecule has 0 aromatic rings. The second kappa shape index (κ2) is 6.75. The van der Waals surface area contributed by atoms with E-state index in [4.69, 9.17) is 4.74 Å². The fourth-order valence-corrected chi connectivity index (χ4v) is 2.54. The highest BCUT2D eigenvalue weighted by Gasteiger charge is 2.43. The van der Waals surface area contributed by atoms with Gasteiger partial charge in [0.05, 0.1) is 6.61 Å². The maximum atomic E-state index is 12.0. The number of nitrogens with zero attached hydrogens (tertiary/aromatic N) is 1. The van der Waals surface area contributed by atoms with Crippen molar-refractivity contribution in [2.45, 2.75) is 38.1 Å². The van der Waals surface area contributed by atoms with Gasteiger partial charge in [-0.15, -0.1) is 0 Å². The minimum atomic E-state index is -1.11. The maximum absolute atomic E-state index is 12.0. The number of hydrogen-bond donors (Lipinski definition) is 2. The number of carbonyl (C=O) groups is 2. The minimum Gasteiger partial charge on any atom is -0.480 e. The highest BCUT2D eigenvalue weighted by atomic mass is 16.5. The van der Waals surface area contributed by atoms with E-state index in [2.05, 4.69) is 5.32 Å². The lowest BCUT2D eigenvalue weighted by Gasteiger charge is -2.38. The van der Waals surface area contributed by atoms with Gasteiger partial charge in [0, 0.05) is 20.7 Å². The van der Waals surface area contributed by atoms with Crippen LogP contribution >= 0.6 is 0 Å². The fourth-order valence-electron chi connectivity index (χ4n) is 2.54. The van der Waals surface area contributed by atoms with Crippen molar-refractivity contribution in [2.24, 2.45) is 5.92 Å². The van der Waals surface area contributed by atoms with Gasteiger partial charge in [0.1, 0.15) is 5.54 Å². The van der Waals surface area contributed by atoms with Crippen molar-refractivity contribution in [3.05, 3.63) is 0 Å². The van der Waals surface area contributed by atoms with Gasteiger partial charge in [0.25, 0.3) is 0 Å². The Morgan fingerprint density at radius 3 is 2.74 bits per heavy atom. The van der Waals surface area contributed by atoms with Crippen LogP contribution in [0.5, 0.6) is 0 Å². The summed E-state index contributed by atoms with van der Waals surface area (Å²) in [6.07, 6.45) is 2.84. The van der Waals surface area contributed by atoms with Crippen LogP contribution < -0.4 is 5.32 Å². The number of carboxylic acid groups (broad SMARTS) is 1. The summed E-state index contributed by atoms with van der Waals surface area (Å²) in [7, 11) is 3.20. The molecule has 2 atom stereocenters. The van der Waals surface area contributed by atoms with Crippen LogP contribution in [0, 0.1) is 5.92 Å². The Morgan fingerprint density at radius 1 is 1.53 bits per heavy atom. The first-order chi connectivity index (χ1) is 8.91. The van der Waals surface area contributed by atoms with Crippen LogP contribution in [-0.4, -0.2) is 54.9 Å². The van der Waals surface area contributed by atoms with Crippen LogP contribution in [0.4, 0.5) is 4.79 Å². The Morgan fingerprint density at radius 2 is 2.21 bits per heavy atom. The summed E-state index contributed by atoms with van der Waals surface area (Å²) >= 11 is 0. The smallest absolute Gasteiger partial charge is 0.329 e. The Kier molecular flexibility index (Phi) is 5.60. The summed E-state index contributed by atoms with van der Waals surface area (Å²) < 4.78 is 4.90. The summed E-state index contributed by atoms with van der Waals surface area (Å²) in [6.45, 7) is 2.89. The number of aliphatic carboxylic acids is 1. The predicted octanol–water partition coefficient (Wildman–Crippen LogP) is 1.31. The molecular weight excluding hydrogens is 248 g/mol. The van der Waals surface area contributed by atoms with Crippen LogP contribution in [0.15, 0.2) is 0 Å². The highest BCUT2D eigenvalue weighted by Crippen LogP contribution is 2.32. The van der Waals surface area contributed by atoms with Crippen LogP contribution in [0.1, 0.15) is 32.6 Å². The number of rotatable bonds is 5. The second-order valence-electron chi connectivity index (χ2n) is 5.43. The van der Waals surface area contributed by atoms with Crippen molar-refractivity contribution in [3.63, 3.8) is 0 Å². The van der Waals surface area contributed by atoms with Crippen molar-refractivity contribution in [1.29, 1.82) is 0 Å². The number of hydrogen-bond acceptors (Lipinski definition) is 3. The molecule has 1 aliphatic carbocycles. The first-order valence-corrected chi connectivity index (χ1v) is 6.67. The third kappa shape index (κ3) is 4.09. The van der Waals surface area contributed by atoms with Gasteiger partial charge in [-0.2, -0.15) is 0 Å². The van der Waals surface area contributed by atoms with Crippen LogP contribution in [-0.2, 0) is 9.53 Å². The molecule has 19 heavy (non-hydrogen) atoms.